The van der Waals surface area contributed by atoms with Crippen molar-refractivity contribution in [1.29, 1.82) is 0 Å². The van der Waals surface area contributed by atoms with Crippen LogP contribution >= 0.6 is 11.6 Å². The van der Waals surface area contributed by atoms with Gasteiger partial charge in [-0.1, -0.05) is 25.4 Å². The van der Waals surface area contributed by atoms with Crippen LogP contribution in [0.3, 0.4) is 0 Å². The molecule has 0 saturated heterocycles. The maximum Gasteiger partial charge on any atom is 0.129 e. The highest BCUT2D eigenvalue weighted by molar-refractivity contribution is 6.29. The zero-order valence-corrected chi connectivity index (χ0v) is 11.4. The summed E-state index contributed by atoms with van der Waals surface area (Å²) in [5, 5.41) is 4.10. The van der Waals surface area contributed by atoms with Gasteiger partial charge < -0.3 is 5.32 Å². The van der Waals surface area contributed by atoms with Gasteiger partial charge in [-0.2, -0.15) is 0 Å². The van der Waals surface area contributed by atoms with Gasteiger partial charge in [0.2, 0.25) is 0 Å². The highest BCUT2D eigenvalue weighted by atomic mass is 35.5. The van der Waals surface area contributed by atoms with Crippen LogP contribution in [-0.4, -0.2) is 11.0 Å². The molecule has 3 heteroatoms. The van der Waals surface area contributed by atoms with Crippen molar-refractivity contribution >= 4 is 17.3 Å². The molecule has 1 aliphatic carbocycles. The summed E-state index contributed by atoms with van der Waals surface area (Å²) in [5.74, 6) is 1.74. The first-order valence-corrected chi connectivity index (χ1v) is 6.91. The molecule has 0 aromatic carbocycles. The molecule has 1 N–H and O–H groups in total. The second-order valence-electron chi connectivity index (χ2n) is 5.37. The molecule has 94 valence electrons. The van der Waals surface area contributed by atoms with E-state index in [4.69, 9.17) is 11.6 Å². The van der Waals surface area contributed by atoms with Gasteiger partial charge in [0.1, 0.15) is 5.15 Å². The summed E-state index contributed by atoms with van der Waals surface area (Å²) >= 11 is 5.77. The van der Waals surface area contributed by atoms with E-state index >= 15 is 0 Å². The molecule has 0 spiro atoms. The molecular formula is C14H21ClN2. The fourth-order valence-electron chi connectivity index (χ4n) is 2.63. The van der Waals surface area contributed by atoms with Gasteiger partial charge in [-0.3, -0.25) is 0 Å². The summed E-state index contributed by atoms with van der Waals surface area (Å²) in [6, 6.07) is 4.45. The molecule has 17 heavy (non-hydrogen) atoms. The summed E-state index contributed by atoms with van der Waals surface area (Å²) < 4.78 is 0. The molecule has 0 amide bonds. The molecule has 0 aliphatic heterocycles. The van der Waals surface area contributed by atoms with E-state index in [0.717, 1.165) is 17.5 Å². The molecule has 1 fully saturated rings. The molecule has 1 aliphatic rings. The molecule has 0 radical (unpaired) electrons. The molecule has 1 aromatic heterocycles. The van der Waals surface area contributed by atoms with Crippen molar-refractivity contribution in [3.8, 4) is 0 Å². The number of nitrogens with one attached hydrogen (secondary N) is 1. The van der Waals surface area contributed by atoms with E-state index in [9.17, 15) is 0 Å². The van der Waals surface area contributed by atoms with E-state index in [1.807, 2.05) is 18.3 Å². The zero-order valence-electron chi connectivity index (χ0n) is 10.6. The van der Waals surface area contributed by atoms with E-state index in [1.54, 1.807) is 0 Å². The highest BCUT2D eigenvalue weighted by Gasteiger charge is 2.22. The van der Waals surface area contributed by atoms with Crippen molar-refractivity contribution in [1.82, 2.24) is 4.98 Å². The van der Waals surface area contributed by atoms with Crippen molar-refractivity contribution in [3.63, 3.8) is 0 Å². The number of nitrogens with zero attached hydrogens (tertiary/aromatic N) is 1. The van der Waals surface area contributed by atoms with E-state index in [1.165, 1.54) is 25.7 Å². The number of aromatic nitrogens is 1. The number of rotatable bonds is 3. The van der Waals surface area contributed by atoms with E-state index in [-0.39, 0.29) is 0 Å². The van der Waals surface area contributed by atoms with Crippen LogP contribution in [0.4, 0.5) is 5.69 Å². The Bertz CT molecular complexity index is 340. The first kappa shape index (κ1) is 12.7. The lowest BCUT2D eigenvalue weighted by molar-refractivity contribution is 0.267. The Labute approximate surface area is 109 Å². The Morgan fingerprint density at radius 1 is 1.24 bits per heavy atom. The SMILES string of the molecule is CC(C)C1CCC(Nc2ccc(Cl)nc2)CC1. The van der Waals surface area contributed by atoms with Crippen molar-refractivity contribution in [3.05, 3.63) is 23.5 Å². The smallest absolute Gasteiger partial charge is 0.129 e. The third kappa shape index (κ3) is 3.60. The van der Waals surface area contributed by atoms with Gasteiger partial charge in [-0.15, -0.1) is 0 Å². The van der Waals surface area contributed by atoms with Crippen molar-refractivity contribution in [2.75, 3.05) is 5.32 Å². The first-order chi connectivity index (χ1) is 8.15. The quantitative estimate of drug-likeness (QED) is 0.809. The predicted molar refractivity (Wildman–Crippen MR) is 73.5 cm³/mol. The van der Waals surface area contributed by atoms with E-state index in [2.05, 4.69) is 24.1 Å². The third-order valence-electron chi connectivity index (χ3n) is 3.81. The second kappa shape index (κ2) is 5.72. The van der Waals surface area contributed by atoms with Crippen LogP contribution in [0.5, 0.6) is 0 Å². The van der Waals surface area contributed by atoms with Crippen LogP contribution in [0.25, 0.3) is 0 Å². The van der Waals surface area contributed by atoms with Gasteiger partial charge in [-0.05, 0) is 49.7 Å². The summed E-state index contributed by atoms with van der Waals surface area (Å²) in [5.41, 5.74) is 1.09. The van der Waals surface area contributed by atoms with Gasteiger partial charge in [0, 0.05) is 6.04 Å². The summed E-state index contributed by atoms with van der Waals surface area (Å²) in [4.78, 5) is 4.09. The lowest BCUT2D eigenvalue weighted by Gasteiger charge is -2.31. The van der Waals surface area contributed by atoms with Crippen molar-refractivity contribution < 1.29 is 0 Å². The number of halogens is 1. The summed E-state index contributed by atoms with van der Waals surface area (Å²) in [6.07, 6.45) is 7.04. The van der Waals surface area contributed by atoms with Gasteiger partial charge in [0.05, 0.1) is 11.9 Å². The van der Waals surface area contributed by atoms with Crippen LogP contribution in [0.15, 0.2) is 18.3 Å². The van der Waals surface area contributed by atoms with E-state index in [0.29, 0.717) is 11.2 Å². The highest BCUT2D eigenvalue weighted by Crippen LogP contribution is 2.31. The fraction of sp³-hybridized carbons (Fsp3) is 0.643. The Hall–Kier alpha value is -0.760. The van der Waals surface area contributed by atoms with Gasteiger partial charge >= 0.3 is 0 Å². The first-order valence-electron chi connectivity index (χ1n) is 6.53. The van der Waals surface area contributed by atoms with Crippen LogP contribution < -0.4 is 5.32 Å². The topological polar surface area (TPSA) is 24.9 Å². The Balaban J connectivity index is 1.84. The van der Waals surface area contributed by atoms with E-state index < -0.39 is 0 Å². The number of hydrogen-bond donors (Lipinski definition) is 1. The van der Waals surface area contributed by atoms with Crippen molar-refractivity contribution in [2.45, 2.75) is 45.6 Å². The molecular weight excluding hydrogens is 232 g/mol. The molecule has 0 bridgehead atoms. The molecule has 0 unspecified atom stereocenters. The number of hydrogen-bond acceptors (Lipinski definition) is 2. The maximum atomic E-state index is 5.77. The van der Waals surface area contributed by atoms with Gasteiger partial charge in [-0.25, -0.2) is 4.98 Å². The normalized spacial score (nSPS) is 24.9. The molecule has 1 aromatic rings. The maximum absolute atomic E-state index is 5.77. The predicted octanol–water partition coefficient (Wildman–Crippen LogP) is 4.36. The zero-order chi connectivity index (χ0) is 12.3. The molecule has 1 saturated carbocycles. The lowest BCUT2D eigenvalue weighted by atomic mass is 9.80. The standard InChI is InChI=1S/C14H21ClN2/c1-10(2)11-3-5-12(6-4-11)17-13-7-8-14(15)16-9-13/h7-12,17H,3-6H2,1-2H3. The van der Waals surface area contributed by atoms with Crippen LogP contribution in [-0.2, 0) is 0 Å². The van der Waals surface area contributed by atoms with Crippen LogP contribution in [0, 0.1) is 11.8 Å². The minimum Gasteiger partial charge on any atom is -0.381 e. The Morgan fingerprint density at radius 2 is 1.94 bits per heavy atom. The second-order valence-corrected chi connectivity index (χ2v) is 5.76. The molecule has 0 atom stereocenters. The molecule has 2 rings (SSSR count). The average molecular weight is 253 g/mol. The molecule has 2 nitrogen and oxygen atoms in total. The Kier molecular flexibility index (Phi) is 4.27. The van der Waals surface area contributed by atoms with Crippen LogP contribution in [0.1, 0.15) is 39.5 Å². The summed E-state index contributed by atoms with van der Waals surface area (Å²) in [7, 11) is 0. The summed E-state index contributed by atoms with van der Waals surface area (Å²) in [6.45, 7) is 4.67. The minimum atomic E-state index is 0.555. The van der Waals surface area contributed by atoms with Gasteiger partial charge in [0.15, 0.2) is 0 Å². The monoisotopic (exact) mass is 252 g/mol. The Morgan fingerprint density at radius 3 is 2.47 bits per heavy atom. The third-order valence-corrected chi connectivity index (χ3v) is 4.04. The van der Waals surface area contributed by atoms with Gasteiger partial charge in [0.25, 0.3) is 0 Å². The average Bonchev–Trinajstić information content (AvgIpc) is 2.33. The largest absolute Gasteiger partial charge is 0.381 e. The number of pyridine rings is 1. The fourth-order valence-corrected chi connectivity index (χ4v) is 2.74. The number of anilines is 1. The minimum absolute atomic E-state index is 0.555. The lowest BCUT2D eigenvalue weighted by Crippen LogP contribution is -2.27. The molecule has 1 heterocycles. The van der Waals surface area contributed by atoms with Crippen LogP contribution in [0.2, 0.25) is 5.15 Å². The van der Waals surface area contributed by atoms with Crippen molar-refractivity contribution in [2.24, 2.45) is 11.8 Å².